The molecule has 3 rings (SSSR count). The molecule has 0 radical (unpaired) electrons. The number of fused-ring (bicyclic) bond motifs is 2. The first kappa shape index (κ1) is 10.2. The van der Waals surface area contributed by atoms with Gasteiger partial charge in [0.15, 0.2) is 0 Å². The van der Waals surface area contributed by atoms with E-state index in [0.717, 1.165) is 18.6 Å². The summed E-state index contributed by atoms with van der Waals surface area (Å²) in [6.45, 7) is 0. The van der Waals surface area contributed by atoms with Crippen molar-refractivity contribution in [3.8, 4) is 5.75 Å². The molecule has 0 aliphatic carbocycles. The van der Waals surface area contributed by atoms with Crippen molar-refractivity contribution in [2.45, 2.75) is 50.4 Å². The average Bonchev–Trinajstić information content (AvgIpc) is 2.30. The summed E-state index contributed by atoms with van der Waals surface area (Å²) in [4.78, 5) is 0. The summed E-state index contributed by atoms with van der Waals surface area (Å²) < 4.78 is 12.2. The van der Waals surface area contributed by atoms with Crippen molar-refractivity contribution in [1.82, 2.24) is 0 Å². The van der Waals surface area contributed by atoms with Crippen LogP contribution in [-0.4, -0.2) is 11.9 Å². The number of hydrogen-bond acceptors (Lipinski definition) is 2. The molecular weight excluding hydrogens is 200 g/mol. The zero-order chi connectivity index (χ0) is 10.8. The first-order chi connectivity index (χ1) is 7.86. The van der Waals surface area contributed by atoms with Gasteiger partial charge in [-0.2, -0.15) is 0 Å². The van der Waals surface area contributed by atoms with Crippen molar-refractivity contribution in [2.24, 2.45) is 0 Å². The van der Waals surface area contributed by atoms with Crippen molar-refractivity contribution in [3.05, 3.63) is 30.3 Å². The second kappa shape index (κ2) is 4.10. The summed E-state index contributed by atoms with van der Waals surface area (Å²) in [7, 11) is 0. The van der Waals surface area contributed by atoms with E-state index < -0.39 is 0 Å². The monoisotopic (exact) mass is 218 g/mol. The quantitative estimate of drug-likeness (QED) is 0.756. The van der Waals surface area contributed by atoms with Gasteiger partial charge in [-0.1, -0.05) is 18.2 Å². The van der Waals surface area contributed by atoms with Gasteiger partial charge in [0.1, 0.15) is 5.75 Å². The molecule has 0 unspecified atom stereocenters. The molecule has 86 valence electrons. The lowest BCUT2D eigenvalue weighted by atomic mass is 9.89. The molecule has 2 fully saturated rings. The molecule has 16 heavy (non-hydrogen) atoms. The summed E-state index contributed by atoms with van der Waals surface area (Å²) in [5.41, 5.74) is 0. The maximum atomic E-state index is 6.09. The van der Waals surface area contributed by atoms with Crippen LogP contribution in [0.15, 0.2) is 30.3 Å². The molecule has 0 atom stereocenters. The van der Waals surface area contributed by atoms with Crippen molar-refractivity contribution >= 4 is 0 Å². The van der Waals surface area contributed by atoms with Gasteiger partial charge < -0.3 is 9.47 Å². The molecule has 2 aliphatic rings. The first-order valence-electron chi connectivity index (χ1n) is 6.28. The standard InChI is InChI=1S/C14H18O2/c1-2-6-12(7-3-1)15-14-10-4-8-13(16-14)9-5-11-14/h1-3,6-7,13H,4-5,8-11H2. The van der Waals surface area contributed by atoms with Crippen LogP contribution in [0.2, 0.25) is 0 Å². The molecule has 1 aromatic carbocycles. The molecule has 1 aromatic rings. The normalized spacial score (nSPS) is 33.4. The Morgan fingerprint density at radius 1 is 1.06 bits per heavy atom. The van der Waals surface area contributed by atoms with Crippen LogP contribution in [0, 0.1) is 0 Å². The fourth-order valence-corrected chi connectivity index (χ4v) is 2.84. The second-order valence-corrected chi connectivity index (χ2v) is 4.85. The summed E-state index contributed by atoms with van der Waals surface area (Å²) in [6.07, 6.45) is 7.40. The molecule has 2 aliphatic heterocycles. The van der Waals surface area contributed by atoms with Gasteiger partial charge in [0.25, 0.3) is 0 Å². The van der Waals surface area contributed by atoms with Gasteiger partial charge in [0, 0.05) is 12.8 Å². The van der Waals surface area contributed by atoms with Gasteiger partial charge in [-0.25, -0.2) is 0 Å². The Hall–Kier alpha value is -1.02. The van der Waals surface area contributed by atoms with Crippen molar-refractivity contribution in [3.63, 3.8) is 0 Å². The highest BCUT2D eigenvalue weighted by atomic mass is 16.7. The smallest absolute Gasteiger partial charge is 0.210 e. The van der Waals surface area contributed by atoms with Crippen LogP contribution in [0.3, 0.4) is 0 Å². The van der Waals surface area contributed by atoms with Crippen LogP contribution in [0.5, 0.6) is 5.75 Å². The lowest BCUT2D eigenvalue weighted by Gasteiger charge is -2.44. The number of benzene rings is 1. The molecule has 2 saturated heterocycles. The van der Waals surface area contributed by atoms with Gasteiger partial charge in [0.2, 0.25) is 5.79 Å². The van der Waals surface area contributed by atoms with Crippen LogP contribution in [0.4, 0.5) is 0 Å². The van der Waals surface area contributed by atoms with Crippen molar-refractivity contribution in [2.75, 3.05) is 0 Å². The Labute approximate surface area is 96.6 Å². The predicted molar refractivity (Wildman–Crippen MR) is 62.4 cm³/mol. The molecule has 2 heterocycles. The Balaban J connectivity index is 1.77. The van der Waals surface area contributed by atoms with E-state index in [1.54, 1.807) is 0 Å². The van der Waals surface area contributed by atoms with E-state index in [4.69, 9.17) is 9.47 Å². The molecule has 0 spiro atoms. The average molecular weight is 218 g/mol. The summed E-state index contributed by atoms with van der Waals surface area (Å²) >= 11 is 0. The van der Waals surface area contributed by atoms with Gasteiger partial charge in [0.05, 0.1) is 6.10 Å². The zero-order valence-corrected chi connectivity index (χ0v) is 9.52. The van der Waals surface area contributed by atoms with Crippen LogP contribution in [-0.2, 0) is 4.74 Å². The van der Waals surface area contributed by atoms with Gasteiger partial charge in [-0.3, -0.25) is 0 Å². The maximum absolute atomic E-state index is 6.09. The Morgan fingerprint density at radius 2 is 1.75 bits per heavy atom. The van der Waals surface area contributed by atoms with Gasteiger partial charge >= 0.3 is 0 Å². The van der Waals surface area contributed by atoms with E-state index in [1.807, 2.05) is 30.3 Å². The molecule has 2 nitrogen and oxygen atoms in total. The SMILES string of the molecule is c1ccc(OC23CCCC(CCC2)O3)cc1. The number of ether oxygens (including phenoxy) is 2. The highest BCUT2D eigenvalue weighted by Crippen LogP contribution is 2.40. The van der Waals surface area contributed by atoms with E-state index >= 15 is 0 Å². The van der Waals surface area contributed by atoms with Crippen LogP contribution < -0.4 is 4.74 Å². The highest BCUT2D eigenvalue weighted by Gasteiger charge is 2.42. The van der Waals surface area contributed by atoms with E-state index in [2.05, 4.69) is 0 Å². The molecule has 0 N–H and O–H groups in total. The number of para-hydroxylation sites is 1. The Morgan fingerprint density at radius 3 is 2.44 bits per heavy atom. The third-order valence-electron chi connectivity index (χ3n) is 3.60. The van der Waals surface area contributed by atoms with E-state index in [9.17, 15) is 0 Å². The Kier molecular flexibility index (Phi) is 2.60. The van der Waals surface area contributed by atoms with Crippen molar-refractivity contribution < 1.29 is 9.47 Å². The minimum Gasteiger partial charge on any atom is -0.462 e. The highest BCUT2D eigenvalue weighted by molar-refractivity contribution is 5.21. The minimum atomic E-state index is -0.317. The fraction of sp³-hybridized carbons (Fsp3) is 0.571. The van der Waals surface area contributed by atoms with Crippen molar-refractivity contribution in [1.29, 1.82) is 0 Å². The third kappa shape index (κ3) is 1.94. The predicted octanol–water partition coefficient (Wildman–Crippen LogP) is 3.51. The Bertz CT molecular complexity index is 337. The number of rotatable bonds is 2. The summed E-state index contributed by atoms with van der Waals surface area (Å²) in [5, 5.41) is 0. The fourth-order valence-electron chi connectivity index (χ4n) is 2.84. The molecule has 2 heteroatoms. The summed E-state index contributed by atoms with van der Waals surface area (Å²) in [6, 6.07) is 10.0. The third-order valence-corrected chi connectivity index (χ3v) is 3.60. The lowest BCUT2D eigenvalue weighted by Crippen LogP contribution is -2.48. The van der Waals surface area contributed by atoms with Crippen LogP contribution in [0.1, 0.15) is 38.5 Å². The van der Waals surface area contributed by atoms with Gasteiger partial charge in [-0.05, 0) is 37.8 Å². The zero-order valence-electron chi connectivity index (χ0n) is 9.52. The topological polar surface area (TPSA) is 18.5 Å². The minimum absolute atomic E-state index is 0.317. The van der Waals surface area contributed by atoms with E-state index in [0.29, 0.717) is 6.10 Å². The lowest BCUT2D eigenvalue weighted by molar-refractivity contribution is -0.259. The molecule has 0 saturated carbocycles. The maximum Gasteiger partial charge on any atom is 0.210 e. The number of hydrogen-bond donors (Lipinski definition) is 0. The first-order valence-corrected chi connectivity index (χ1v) is 6.28. The van der Waals surface area contributed by atoms with E-state index in [1.165, 1.54) is 25.7 Å². The molecular formula is C14H18O2. The van der Waals surface area contributed by atoms with Crippen LogP contribution in [0.25, 0.3) is 0 Å². The molecule has 2 bridgehead atoms. The second-order valence-electron chi connectivity index (χ2n) is 4.85. The summed E-state index contributed by atoms with van der Waals surface area (Å²) in [5.74, 6) is 0.618. The molecule has 0 aromatic heterocycles. The van der Waals surface area contributed by atoms with E-state index in [-0.39, 0.29) is 5.79 Å². The van der Waals surface area contributed by atoms with Crippen LogP contribution >= 0.6 is 0 Å². The largest absolute Gasteiger partial charge is 0.462 e. The van der Waals surface area contributed by atoms with Gasteiger partial charge in [-0.15, -0.1) is 0 Å². The molecule has 0 amide bonds.